The quantitative estimate of drug-likeness (QED) is 0.336. The Morgan fingerprint density at radius 1 is 1.00 bits per heavy atom. The molecule has 0 aliphatic carbocycles. The van der Waals surface area contributed by atoms with Crippen molar-refractivity contribution in [2.75, 3.05) is 46.3 Å². The van der Waals surface area contributed by atoms with Crippen LogP contribution in [-0.4, -0.2) is 68.6 Å². The molecule has 42 heavy (non-hydrogen) atoms. The maximum Gasteiger partial charge on any atom is 0.416 e. The van der Waals surface area contributed by atoms with Crippen LogP contribution in [0.4, 0.5) is 23.7 Å². The highest BCUT2D eigenvalue weighted by Gasteiger charge is 2.35. The molecule has 0 radical (unpaired) electrons. The second kappa shape index (κ2) is 13.4. The molecule has 0 spiro atoms. The molecule has 0 fully saturated rings. The van der Waals surface area contributed by atoms with Crippen LogP contribution < -0.4 is 14.8 Å². The first-order chi connectivity index (χ1) is 20.1. The molecule has 0 unspecified atom stereocenters. The highest BCUT2D eigenvalue weighted by Crippen LogP contribution is 2.36. The number of hydrazone groups is 1. The summed E-state index contributed by atoms with van der Waals surface area (Å²) < 4.78 is 54.8. The van der Waals surface area contributed by atoms with E-state index in [1.165, 1.54) is 24.1 Å². The van der Waals surface area contributed by atoms with E-state index in [4.69, 9.17) is 14.2 Å². The van der Waals surface area contributed by atoms with Crippen LogP contribution in [0.2, 0.25) is 0 Å². The number of anilines is 1. The normalized spacial score (nSPS) is 14.8. The third-order valence-electron chi connectivity index (χ3n) is 6.71. The summed E-state index contributed by atoms with van der Waals surface area (Å²) in [4.78, 5) is 28.1. The summed E-state index contributed by atoms with van der Waals surface area (Å²) in [6.07, 6.45) is -4.10. The lowest BCUT2D eigenvalue weighted by molar-refractivity contribution is -0.137. The Morgan fingerprint density at radius 2 is 1.71 bits per heavy atom. The Morgan fingerprint density at radius 3 is 2.33 bits per heavy atom. The zero-order valence-electron chi connectivity index (χ0n) is 23.4. The lowest BCUT2D eigenvalue weighted by Gasteiger charge is -2.27. The first kappa shape index (κ1) is 30.4. The van der Waals surface area contributed by atoms with Crippen molar-refractivity contribution < 1.29 is 37.0 Å². The van der Waals surface area contributed by atoms with Crippen molar-refractivity contribution in [2.24, 2.45) is 5.10 Å². The van der Waals surface area contributed by atoms with Crippen molar-refractivity contribution in [1.29, 1.82) is 0 Å². The fraction of sp³-hybridized carbons (Fsp3) is 0.300. The number of alkyl halides is 3. The summed E-state index contributed by atoms with van der Waals surface area (Å²) in [7, 11) is 4.54. The van der Waals surface area contributed by atoms with Crippen LogP contribution in [0.1, 0.15) is 29.2 Å². The van der Waals surface area contributed by atoms with Gasteiger partial charge in [-0.2, -0.15) is 18.3 Å². The molecule has 1 aliphatic rings. The van der Waals surface area contributed by atoms with Crippen LogP contribution >= 0.6 is 0 Å². The van der Waals surface area contributed by atoms with Gasteiger partial charge in [0.15, 0.2) is 0 Å². The average Bonchev–Trinajstić information content (AvgIpc) is 3.44. The van der Waals surface area contributed by atoms with Gasteiger partial charge in [-0.15, -0.1) is 0 Å². The van der Waals surface area contributed by atoms with Crippen molar-refractivity contribution in [3.63, 3.8) is 0 Å². The Balaban J connectivity index is 1.59. The minimum absolute atomic E-state index is 0.0570. The van der Waals surface area contributed by atoms with Crippen molar-refractivity contribution >= 4 is 23.3 Å². The molecule has 3 amide bonds. The predicted octanol–water partition coefficient (Wildman–Crippen LogP) is 5.58. The van der Waals surface area contributed by atoms with E-state index in [2.05, 4.69) is 10.4 Å². The van der Waals surface area contributed by atoms with Crippen molar-refractivity contribution in [1.82, 2.24) is 9.91 Å². The summed E-state index contributed by atoms with van der Waals surface area (Å²) >= 11 is 0. The van der Waals surface area contributed by atoms with Gasteiger partial charge in [-0.25, -0.2) is 9.80 Å². The highest BCUT2D eigenvalue weighted by atomic mass is 19.4. The van der Waals surface area contributed by atoms with Gasteiger partial charge in [0.05, 0.1) is 38.1 Å². The summed E-state index contributed by atoms with van der Waals surface area (Å²) in [5.74, 6) is 0.687. The number of carbonyl (C=O) groups excluding carboxylic acids is 2. The van der Waals surface area contributed by atoms with E-state index in [0.717, 1.165) is 29.8 Å². The molecule has 0 aromatic heterocycles. The van der Waals surface area contributed by atoms with Gasteiger partial charge < -0.3 is 24.4 Å². The number of carbonyl (C=O) groups is 2. The van der Waals surface area contributed by atoms with E-state index in [1.807, 2.05) is 36.4 Å². The monoisotopic (exact) mass is 584 g/mol. The lowest BCUT2D eigenvalue weighted by Crippen LogP contribution is -2.44. The number of urea groups is 1. The van der Waals surface area contributed by atoms with Gasteiger partial charge in [-0.05, 0) is 42.0 Å². The number of nitrogens with zero attached hydrogens (tertiary/aromatic N) is 3. The van der Waals surface area contributed by atoms with Crippen molar-refractivity contribution in [3.8, 4) is 11.5 Å². The number of methoxy groups -OCH3 is 3. The van der Waals surface area contributed by atoms with E-state index in [1.54, 1.807) is 19.2 Å². The second-order valence-electron chi connectivity index (χ2n) is 9.40. The van der Waals surface area contributed by atoms with Crippen LogP contribution in [0.15, 0.2) is 77.9 Å². The number of rotatable bonds is 10. The minimum Gasteiger partial charge on any atom is -0.497 e. The molecule has 9 nitrogen and oxygen atoms in total. The van der Waals surface area contributed by atoms with E-state index in [9.17, 15) is 22.8 Å². The van der Waals surface area contributed by atoms with Crippen LogP contribution in [-0.2, 0) is 15.7 Å². The zero-order valence-corrected chi connectivity index (χ0v) is 23.4. The maximum atomic E-state index is 13.7. The summed E-state index contributed by atoms with van der Waals surface area (Å²) in [6.45, 7) is -0.162. The van der Waals surface area contributed by atoms with Crippen molar-refractivity contribution in [2.45, 2.75) is 18.6 Å². The van der Waals surface area contributed by atoms with E-state index < -0.39 is 29.7 Å². The summed E-state index contributed by atoms with van der Waals surface area (Å²) in [6, 6.07) is 17.7. The minimum atomic E-state index is -4.50. The number of nitrogens with one attached hydrogen (secondary N) is 1. The molecule has 3 aromatic rings. The predicted molar refractivity (Wildman–Crippen MR) is 151 cm³/mol. The molecule has 4 rings (SSSR count). The highest BCUT2D eigenvalue weighted by molar-refractivity contribution is 6.05. The third-order valence-corrected chi connectivity index (χ3v) is 6.71. The summed E-state index contributed by atoms with van der Waals surface area (Å²) in [5.41, 5.74) is 1.49. The van der Waals surface area contributed by atoms with Crippen molar-refractivity contribution in [3.05, 3.63) is 89.5 Å². The number of halogens is 3. The maximum absolute atomic E-state index is 13.7. The lowest BCUT2D eigenvalue weighted by atomic mass is 9.98. The number of hydrogen-bond donors (Lipinski definition) is 1. The van der Waals surface area contributed by atoms with Gasteiger partial charge in [0.2, 0.25) is 0 Å². The Kier molecular flexibility index (Phi) is 9.68. The van der Waals surface area contributed by atoms with E-state index in [0.29, 0.717) is 29.2 Å². The van der Waals surface area contributed by atoms with Gasteiger partial charge in [-0.1, -0.05) is 30.3 Å². The second-order valence-corrected chi connectivity index (χ2v) is 9.40. The van der Waals surface area contributed by atoms with Gasteiger partial charge in [0.25, 0.3) is 5.91 Å². The fourth-order valence-corrected chi connectivity index (χ4v) is 4.51. The molecular formula is C30H31F3N4O5. The number of benzene rings is 3. The molecule has 1 aliphatic heterocycles. The van der Waals surface area contributed by atoms with Gasteiger partial charge in [0, 0.05) is 37.4 Å². The Bertz CT molecular complexity index is 1410. The first-order valence-corrected chi connectivity index (χ1v) is 13.0. The molecule has 1 atom stereocenters. The Hall–Kier alpha value is -4.58. The van der Waals surface area contributed by atoms with Gasteiger partial charge in [-0.3, -0.25) is 4.79 Å². The van der Waals surface area contributed by atoms with Gasteiger partial charge >= 0.3 is 12.2 Å². The smallest absolute Gasteiger partial charge is 0.416 e. The van der Waals surface area contributed by atoms with Gasteiger partial charge in [0.1, 0.15) is 18.0 Å². The van der Waals surface area contributed by atoms with E-state index >= 15 is 0 Å². The first-order valence-electron chi connectivity index (χ1n) is 13.0. The number of hydrogen-bond acceptors (Lipinski definition) is 6. The fourth-order valence-electron chi connectivity index (χ4n) is 4.51. The number of ether oxygens (including phenoxy) is 3. The molecule has 3 aromatic carbocycles. The van der Waals surface area contributed by atoms with Crippen LogP contribution in [0.25, 0.3) is 0 Å². The molecule has 12 heteroatoms. The molecule has 0 saturated carbocycles. The molecular weight excluding hydrogens is 553 g/mol. The SMILES string of the molecule is COCCN(CC(=O)N1N=C(c2ccc(OC)cc2OC)C[C@@H]1c1ccccc1)C(=O)Nc1ccc(C(F)(F)F)cc1. The molecule has 0 bridgehead atoms. The standard InChI is InChI=1S/C30H31F3N4O5/c1-40-16-15-36(29(39)34-22-11-9-21(10-12-22)30(31,32)33)19-28(38)37-26(20-7-5-4-6-8-20)18-25(35-37)24-14-13-23(41-2)17-27(24)42-3/h4-14,17,26H,15-16,18-19H2,1-3H3,(H,34,39)/t26-/m1/s1. The third kappa shape index (κ3) is 7.19. The molecule has 1 N–H and O–H groups in total. The van der Waals surface area contributed by atoms with Crippen LogP contribution in [0.3, 0.4) is 0 Å². The zero-order chi connectivity index (χ0) is 30.3. The Labute approximate surface area is 241 Å². The van der Waals surface area contributed by atoms with Crippen LogP contribution in [0, 0.1) is 0 Å². The topological polar surface area (TPSA) is 92.7 Å². The van der Waals surface area contributed by atoms with Crippen LogP contribution in [0.5, 0.6) is 11.5 Å². The number of amides is 3. The molecule has 1 heterocycles. The summed E-state index contributed by atoms with van der Waals surface area (Å²) in [5, 5.41) is 8.59. The van der Waals surface area contributed by atoms with E-state index in [-0.39, 0.29) is 25.4 Å². The average molecular weight is 585 g/mol. The largest absolute Gasteiger partial charge is 0.497 e. The molecule has 222 valence electrons. The molecule has 0 saturated heterocycles.